The largest absolute Gasteiger partial charge is 0.433 e. The van der Waals surface area contributed by atoms with Crippen LogP contribution in [0.25, 0.3) is 5.65 Å². The van der Waals surface area contributed by atoms with Gasteiger partial charge in [-0.3, -0.25) is 9.69 Å². The average Bonchev–Trinajstić information content (AvgIpc) is 2.95. The lowest BCUT2D eigenvalue weighted by molar-refractivity contribution is -0.142. The third-order valence-electron chi connectivity index (χ3n) is 4.21. The fraction of sp³-hybridized carbons (Fsp3) is 0.562. The molecule has 0 saturated carbocycles. The molecule has 0 spiro atoms. The number of nitrogens with one attached hydrogen (secondary N) is 1. The van der Waals surface area contributed by atoms with Gasteiger partial charge in [-0.05, 0) is 26.0 Å². The van der Waals surface area contributed by atoms with Crippen LogP contribution in [0.15, 0.2) is 6.07 Å². The van der Waals surface area contributed by atoms with E-state index in [9.17, 15) is 18.0 Å². The Balaban J connectivity index is 1.70. The smallest absolute Gasteiger partial charge is 0.379 e. The molecule has 7 nitrogen and oxygen atoms in total. The molecular formula is C16H19ClF3N5O2. The van der Waals surface area contributed by atoms with Crippen molar-refractivity contribution in [1.29, 1.82) is 0 Å². The van der Waals surface area contributed by atoms with Gasteiger partial charge < -0.3 is 10.1 Å². The molecule has 1 amide bonds. The standard InChI is InChI=1S/C16H19ClF3N5O2/c1-10-9-11(16(18,19)20)25-14(22-10)12(17)13(23-25)15(26)21-3-2-4-24-5-7-27-8-6-24/h9H,2-8H2,1H3,(H,21,26). The minimum Gasteiger partial charge on any atom is -0.379 e. The van der Waals surface area contributed by atoms with Crippen LogP contribution in [-0.2, 0) is 10.9 Å². The molecule has 1 aliphatic rings. The molecule has 2 aromatic heterocycles. The van der Waals surface area contributed by atoms with Crippen molar-refractivity contribution >= 4 is 23.2 Å². The quantitative estimate of drug-likeness (QED) is 0.772. The minimum absolute atomic E-state index is 0.133. The first-order valence-corrected chi connectivity index (χ1v) is 8.86. The van der Waals surface area contributed by atoms with E-state index in [4.69, 9.17) is 16.3 Å². The summed E-state index contributed by atoms with van der Waals surface area (Å²) in [6.07, 6.45) is -3.95. The number of aromatic nitrogens is 3. The maximum atomic E-state index is 13.2. The maximum absolute atomic E-state index is 13.2. The van der Waals surface area contributed by atoms with E-state index in [-0.39, 0.29) is 22.1 Å². The maximum Gasteiger partial charge on any atom is 0.433 e. The van der Waals surface area contributed by atoms with Gasteiger partial charge in [-0.1, -0.05) is 11.6 Å². The van der Waals surface area contributed by atoms with Gasteiger partial charge in [0.1, 0.15) is 10.7 Å². The van der Waals surface area contributed by atoms with Crippen molar-refractivity contribution in [3.63, 3.8) is 0 Å². The molecule has 0 aliphatic carbocycles. The monoisotopic (exact) mass is 405 g/mol. The van der Waals surface area contributed by atoms with Crippen LogP contribution >= 0.6 is 11.6 Å². The first kappa shape index (κ1) is 19.8. The summed E-state index contributed by atoms with van der Waals surface area (Å²) in [6, 6.07) is 0.861. The van der Waals surface area contributed by atoms with Crippen LogP contribution in [0, 0.1) is 6.92 Å². The van der Waals surface area contributed by atoms with E-state index in [2.05, 4.69) is 20.3 Å². The van der Waals surface area contributed by atoms with Crippen LogP contribution in [0.1, 0.15) is 28.3 Å². The highest BCUT2D eigenvalue weighted by molar-refractivity contribution is 6.36. The Kier molecular flexibility index (Phi) is 5.87. The van der Waals surface area contributed by atoms with Crippen molar-refractivity contribution in [2.45, 2.75) is 19.5 Å². The minimum atomic E-state index is -4.65. The SMILES string of the molecule is Cc1cc(C(F)(F)F)n2nc(C(=O)NCCCN3CCOCC3)c(Cl)c2n1. The number of fused-ring (bicyclic) bond motifs is 1. The molecular weight excluding hydrogens is 387 g/mol. The molecule has 0 radical (unpaired) electrons. The summed E-state index contributed by atoms with van der Waals surface area (Å²) in [7, 11) is 0. The molecule has 0 bridgehead atoms. The zero-order valence-electron chi connectivity index (χ0n) is 14.6. The summed E-state index contributed by atoms with van der Waals surface area (Å²) in [5.74, 6) is -0.627. The Bertz CT molecular complexity index is 834. The van der Waals surface area contributed by atoms with E-state index in [1.165, 1.54) is 6.92 Å². The van der Waals surface area contributed by atoms with Crippen LogP contribution in [0.2, 0.25) is 5.02 Å². The molecule has 3 heterocycles. The van der Waals surface area contributed by atoms with Crippen LogP contribution in [0.3, 0.4) is 0 Å². The van der Waals surface area contributed by atoms with E-state index in [0.29, 0.717) is 30.7 Å². The number of aryl methyl sites for hydroxylation is 1. The predicted octanol–water partition coefficient (Wildman–Crippen LogP) is 2.16. The van der Waals surface area contributed by atoms with Crippen molar-refractivity contribution in [2.75, 3.05) is 39.4 Å². The van der Waals surface area contributed by atoms with Crippen LogP contribution < -0.4 is 5.32 Å². The third-order valence-corrected chi connectivity index (χ3v) is 4.55. The molecule has 1 fully saturated rings. The van der Waals surface area contributed by atoms with Crippen molar-refractivity contribution in [3.05, 3.63) is 28.2 Å². The number of alkyl halides is 3. The van der Waals surface area contributed by atoms with Gasteiger partial charge in [-0.2, -0.15) is 18.3 Å². The molecule has 1 N–H and O–H groups in total. The van der Waals surface area contributed by atoms with E-state index in [1.807, 2.05) is 0 Å². The first-order chi connectivity index (χ1) is 12.8. The molecule has 27 heavy (non-hydrogen) atoms. The molecule has 1 saturated heterocycles. The molecule has 0 unspecified atom stereocenters. The number of carbonyl (C=O) groups excluding carboxylic acids is 1. The van der Waals surface area contributed by atoms with Crippen LogP contribution in [-0.4, -0.2) is 64.8 Å². The van der Waals surface area contributed by atoms with E-state index in [1.54, 1.807) is 0 Å². The molecule has 0 atom stereocenters. The summed E-state index contributed by atoms with van der Waals surface area (Å²) in [4.78, 5) is 18.5. The molecule has 1 aliphatic heterocycles. The lowest BCUT2D eigenvalue weighted by Gasteiger charge is -2.26. The summed E-state index contributed by atoms with van der Waals surface area (Å²) < 4.78 is 45.5. The Morgan fingerprint density at radius 1 is 1.37 bits per heavy atom. The molecule has 3 rings (SSSR count). The molecule has 11 heteroatoms. The highest BCUT2D eigenvalue weighted by Crippen LogP contribution is 2.32. The van der Waals surface area contributed by atoms with Crippen molar-refractivity contribution in [3.8, 4) is 0 Å². The fourth-order valence-corrected chi connectivity index (χ4v) is 3.12. The van der Waals surface area contributed by atoms with Crippen LogP contribution in [0.5, 0.6) is 0 Å². The number of ether oxygens (including phenoxy) is 1. The van der Waals surface area contributed by atoms with Crippen molar-refractivity contribution < 1.29 is 22.7 Å². The van der Waals surface area contributed by atoms with Crippen molar-refractivity contribution in [2.24, 2.45) is 0 Å². The van der Waals surface area contributed by atoms with Gasteiger partial charge in [0.05, 0.1) is 13.2 Å². The number of halogens is 4. The van der Waals surface area contributed by atoms with Gasteiger partial charge in [0.25, 0.3) is 5.91 Å². The Morgan fingerprint density at radius 3 is 2.74 bits per heavy atom. The Labute approximate surface area is 158 Å². The number of morpholine rings is 1. The predicted molar refractivity (Wildman–Crippen MR) is 91.9 cm³/mol. The van der Waals surface area contributed by atoms with Crippen LogP contribution in [0.4, 0.5) is 13.2 Å². The van der Waals surface area contributed by atoms with E-state index < -0.39 is 17.8 Å². The Hall–Kier alpha value is -1.91. The van der Waals surface area contributed by atoms with Gasteiger partial charge in [0.2, 0.25) is 0 Å². The summed E-state index contributed by atoms with van der Waals surface area (Å²) in [6.45, 7) is 5.65. The number of amides is 1. The van der Waals surface area contributed by atoms with E-state index >= 15 is 0 Å². The second kappa shape index (κ2) is 7.99. The molecule has 0 aromatic carbocycles. The second-order valence-corrected chi connectivity index (χ2v) is 6.62. The third kappa shape index (κ3) is 4.50. The van der Waals surface area contributed by atoms with Gasteiger partial charge in [0.15, 0.2) is 11.3 Å². The summed E-state index contributed by atoms with van der Waals surface area (Å²) >= 11 is 6.08. The lowest BCUT2D eigenvalue weighted by atomic mass is 10.3. The number of rotatable bonds is 5. The van der Waals surface area contributed by atoms with Crippen molar-refractivity contribution in [1.82, 2.24) is 24.8 Å². The summed E-state index contributed by atoms with van der Waals surface area (Å²) in [5.41, 5.74) is -1.36. The summed E-state index contributed by atoms with van der Waals surface area (Å²) in [5, 5.41) is 6.20. The highest BCUT2D eigenvalue weighted by Gasteiger charge is 2.36. The number of hydrogen-bond acceptors (Lipinski definition) is 5. The topological polar surface area (TPSA) is 71.8 Å². The molecule has 2 aromatic rings. The van der Waals surface area contributed by atoms with E-state index in [0.717, 1.165) is 25.7 Å². The zero-order valence-corrected chi connectivity index (χ0v) is 15.4. The second-order valence-electron chi connectivity index (χ2n) is 6.24. The Morgan fingerprint density at radius 2 is 2.07 bits per heavy atom. The highest BCUT2D eigenvalue weighted by atomic mass is 35.5. The zero-order chi connectivity index (χ0) is 19.6. The first-order valence-electron chi connectivity index (χ1n) is 8.49. The average molecular weight is 406 g/mol. The lowest BCUT2D eigenvalue weighted by Crippen LogP contribution is -2.38. The number of carbonyl (C=O) groups is 1. The molecule has 148 valence electrons. The van der Waals surface area contributed by atoms with Gasteiger partial charge >= 0.3 is 6.18 Å². The number of hydrogen-bond donors (Lipinski definition) is 1. The fourth-order valence-electron chi connectivity index (χ4n) is 2.87. The van der Waals surface area contributed by atoms with Gasteiger partial charge in [-0.25, -0.2) is 9.50 Å². The van der Waals surface area contributed by atoms with Gasteiger partial charge in [0, 0.05) is 25.3 Å². The normalized spacial score (nSPS) is 16.0. The van der Waals surface area contributed by atoms with Gasteiger partial charge in [-0.15, -0.1) is 0 Å². The number of nitrogens with zero attached hydrogens (tertiary/aromatic N) is 4.